The van der Waals surface area contributed by atoms with Crippen molar-refractivity contribution in [3.63, 3.8) is 0 Å². The van der Waals surface area contributed by atoms with Gasteiger partial charge in [0, 0.05) is 6.61 Å². The fourth-order valence-corrected chi connectivity index (χ4v) is 1.53. The molecule has 0 spiro atoms. The summed E-state index contributed by atoms with van der Waals surface area (Å²) >= 11 is 0. The van der Waals surface area contributed by atoms with Gasteiger partial charge in [-0.3, -0.25) is 0 Å². The summed E-state index contributed by atoms with van der Waals surface area (Å²) in [6, 6.07) is 0. The first-order valence-corrected chi connectivity index (χ1v) is 5.03. The van der Waals surface area contributed by atoms with Crippen LogP contribution in [0.15, 0.2) is 0 Å². The van der Waals surface area contributed by atoms with Crippen molar-refractivity contribution in [2.75, 3.05) is 6.61 Å². The van der Waals surface area contributed by atoms with Crippen LogP contribution in [0.5, 0.6) is 0 Å². The minimum atomic E-state index is -0.210. The van der Waals surface area contributed by atoms with Crippen molar-refractivity contribution in [2.24, 2.45) is 5.92 Å². The molecule has 0 bridgehead atoms. The van der Waals surface area contributed by atoms with E-state index in [1.807, 2.05) is 0 Å². The molecule has 0 saturated carbocycles. The molecule has 2 N–H and O–H groups in total. The van der Waals surface area contributed by atoms with Crippen molar-refractivity contribution in [3.05, 3.63) is 0 Å². The van der Waals surface area contributed by atoms with Crippen LogP contribution < -0.4 is 0 Å². The highest BCUT2D eigenvalue weighted by Crippen LogP contribution is 2.15. The second kappa shape index (κ2) is 7.56. The Kier molecular flexibility index (Phi) is 7.51. The lowest BCUT2D eigenvalue weighted by Crippen LogP contribution is -2.16. The van der Waals surface area contributed by atoms with Crippen molar-refractivity contribution in [1.29, 1.82) is 0 Å². The second-order valence-electron chi connectivity index (χ2n) is 3.52. The van der Waals surface area contributed by atoms with E-state index in [0.29, 0.717) is 5.92 Å². The first-order chi connectivity index (χ1) is 5.74. The third-order valence-electron chi connectivity index (χ3n) is 2.18. The van der Waals surface area contributed by atoms with Gasteiger partial charge in [-0.1, -0.05) is 26.7 Å². The molecule has 2 unspecified atom stereocenters. The molecule has 74 valence electrons. The first-order valence-electron chi connectivity index (χ1n) is 5.03. The van der Waals surface area contributed by atoms with Gasteiger partial charge in [0.05, 0.1) is 6.10 Å². The van der Waals surface area contributed by atoms with Gasteiger partial charge < -0.3 is 10.2 Å². The van der Waals surface area contributed by atoms with Crippen LogP contribution in [0.4, 0.5) is 0 Å². The summed E-state index contributed by atoms with van der Waals surface area (Å²) in [7, 11) is 0. The highest BCUT2D eigenvalue weighted by molar-refractivity contribution is 4.63. The summed E-state index contributed by atoms with van der Waals surface area (Å²) < 4.78 is 0. The summed E-state index contributed by atoms with van der Waals surface area (Å²) in [5.74, 6) is 0.302. The summed E-state index contributed by atoms with van der Waals surface area (Å²) in [5.41, 5.74) is 0. The minimum Gasteiger partial charge on any atom is -0.396 e. The van der Waals surface area contributed by atoms with E-state index >= 15 is 0 Å². The van der Waals surface area contributed by atoms with E-state index in [0.717, 1.165) is 32.1 Å². The first kappa shape index (κ1) is 11.9. The van der Waals surface area contributed by atoms with Crippen molar-refractivity contribution in [2.45, 2.75) is 52.1 Å². The molecule has 0 saturated heterocycles. The standard InChI is InChI=1S/C10H22O2/c1-3-5-9(8-11)7-10(12)6-4-2/h9-12H,3-8H2,1-2H3. The number of aliphatic hydroxyl groups is 2. The van der Waals surface area contributed by atoms with Gasteiger partial charge in [0.15, 0.2) is 0 Å². The molecule has 0 aromatic rings. The van der Waals surface area contributed by atoms with Crippen molar-refractivity contribution in [3.8, 4) is 0 Å². The van der Waals surface area contributed by atoms with Crippen LogP contribution in [0.2, 0.25) is 0 Å². The molecule has 12 heavy (non-hydrogen) atoms. The topological polar surface area (TPSA) is 40.5 Å². The summed E-state index contributed by atoms with van der Waals surface area (Å²) in [5, 5.41) is 18.4. The zero-order valence-electron chi connectivity index (χ0n) is 8.29. The van der Waals surface area contributed by atoms with Gasteiger partial charge in [0.25, 0.3) is 0 Å². The van der Waals surface area contributed by atoms with Gasteiger partial charge in [-0.25, -0.2) is 0 Å². The molecule has 0 aromatic heterocycles. The lowest BCUT2D eigenvalue weighted by molar-refractivity contribution is 0.105. The highest BCUT2D eigenvalue weighted by Gasteiger charge is 2.11. The summed E-state index contributed by atoms with van der Waals surface area (Å²) in [4.78, 5) is 0. The molecule has 0 rings (SSSR count). The third kappa shape index (κ3) is 5.56. The van der Waals surface area contributed by atoms with E-state index in [1.165, 1.54) is 0 Å². The number of hydrogen-bond acceptors (Lipinski definition) is 2. The molecule has 0 radical (unpaired) electrons. The van der Waals surface area contributed by atoms with Gasteiger partial charge in [0.1, 0.15) is 0 Å². The van der Waals surface area contributed by atoms with Crippen LogP contribution in [-0.4, -0.2) is 22.9 Å². The Morgan fingerprint density at radius 1 is 1.08 bits per heavy atom. The monoisotopic (exact) mass is 174 g/mol. The maximum Gasteiger partial charge on any atom is 0.0543 e. The fraction of sp³-hybridized carbons (Fsp3) is 1.00. The van der Waals surface area contributed by atoms with Crippen LogP contribution in [-0.2, 0) is 0 Å². The Balaban J connectivity index is 3.53. The van der Waals surface area contributed by atoms with Gasteiger partial charge in [0.2, 0.25) is 0 Å². The lowest BCUT2D eigenvalue weighted by Gasteiger charge is -2.16. The molecule has 0 aliphatic rings. The number of hydrogen-bond donors (Lipinski definition) is 2. The quantitative estimate of drug-likeness (QED) is 0.619. The molecule has 0 aliphatic carbocycles. The van der Waals surface area contributed by atoms with E-state index in [4.69, 9.17) is 5.11 Å². The molecule has 0 fully saturated rings. The van der Waals surface area contributed by atoms with Crippen LogP contribution in [0, 0.1) is 5.92 Å². The van der Waals surface area contributed by atoms with E-state index in [9.17, 15) is 5.11 Å². The molecule has 0 aromatic carbocycles. The maximum atomic E-state index is 9.47. The van der Waals surface area contributed by atoms with Crippen LogP contribution in [0.25, 0.3) is 0 Å². The van der Waals surface area contributed by atoms with Gasteiger partial charge in [-0.05, 0) is 25.2 Å². The van der Waals surface area contributed by atoms with E-state index in [1.54, 1.807) is 0 Å². The zero-order valence-corrected chi connectivity index (χ0v) is 8.29. The zero-order chi connectivity index (χ0) is 9.40. The fourth-order valence-electron chi connectivity index (χ4n) is 1.53. The molecule has 0 amide bonds. The van der Waals surface area contributed by atoms with Crippen LogP contribution in [0.3, 0.4) is 0 Å². The number of aliphatic hydroxyl groups excluding tert-OH is 2. The summed E-state index contributed by atoms with van der Waals surface area (Å²) in [6.45, 7) is 4.39. The smallest absolute Gasteiger partial charge is 0.0543 e. The molecule has 0 heterocycles. The Labute approximate surface area is 75.6 Å². The lowest BCUT2D eigenvalue weighted by atomic mass is 9.96. The van der Waals surface area contributed by atoms with Crippen LogP contribution >= 0.6 is 0 Å². The molecule has 2 heteroatoms. The predicted octanol–water partition coefficient (Wildman–Crippen LogP) is 1.95. The average molecular weight is 174 g/mol. The van der Waals surface area contributed by atoms with E-state index < -0.39 is 0 Å². The average Bonchev–Trinajstić information content (AvgIpc) is 2.04. The Hall–Kier alpha value is -0.0800. The third-order valence-corrected chi connectivity index (χ3v) is 2.18. The van der Waals surface area contributed by atoms with Gasteiger partial charge in [-0.2, -0.15) is 0 Å². The molecule has 0 aliphatic heterocycles. The van der Waals surface area contributed by atoms with Crippen molar-refractivity contribution in [1.82, 2.24) is 0 Å². The Bertz CT molecular complexity index is 93.8. The van der Waals surface area contributed by atoms with Gasteiger partial charge in [-0.15, -0.1) is 0 Å². The van der Waals surface area contributed by atoms with Gasteiger partial charge >= 0.3 is 0 Å². The van der Waals surface area contributed by atoms with Crippen molar-refractivity contribution >= 4 is 0 Å². The SMILES string of the molecule is CCCC(O)CC(CO)CCC. The normalized spacial score (nSPS) is 16.0. The molecule has 2 atom stereocenters. The van der Waals surface area contributed by atoms with E-state index in [2.05, 4.69) is 13.8 Å². The highest BCUT2D eigenvalue weighted by atomic mass is 16.3. The summed E-state index contributed by atoms with van der Waals surface area (Å²) in [6.07, 6.45) is 4.55. The largest absolute Gasteiger partial charge is 0.396 e. The molecular formula is C10H22O2. The Morgan fingerprint density at radius 2 is 1.67 bits per heavy atom. The molecular weight excluding hydrogens is 152 g/mol. The Morgan fingerprint density at radius 3 is 2.08 bits per heavy atom. The molecule has 2 nitrogen and oxygen atoms in total. The predicted molar refractivity (Wildman–Crippen MR) is 51.0 cm³/mol. The van der Waals surface area contributed by atoms with Crippen molar-refractivity contribution < 1.29 is 10.2 Å². The number of rotatable bonds is 7. The van der Waals surface area contributed by atoms with E-state index in [-0.39, 0.29) is 12.7 Å². The van der Waals surface area contributed by atoms with Crippen LogP contribution in [0.1, 0.15) is 46.0 Å². The maximum absolute atomic E-state index is 9.47. The minimum absolute atomic E-state index is 0.210. The second-order valence-corrected chi connectivity index (χ2v) is 3.52.